The van der Waals surface area contributed by atoms with Gasteiger partial charge in [0.05, 0.1) is 0 Å². The summed E-state index contributed by atoms with van der Waals surface area (Å²) in [5.74, 6) is 0.611. The van der Waals surface area contributed by atoms with Crippen molar-refractivity contribution in [2.24, 2.45) is 0 Å². The number of hydrogen-bond donors (Lipinski definition) is 3. The van der Waals surface area contributed by atoms with E-state index < -0.39 is 0 Å². The first-order chi connectivity index (χ1) is 3.43. The molecule has 1 rings (SSSR count). The van der Waals surface area contributed by atoms with Crippen molar-refractivity contribution >= 4 is 18.2 Å². The van der Waals surface area contributed by atoms with Gasteiger partial charge in [-0.3, -0.25) is 10.7 Å². The summed E-state index contributed by atoms with van der Waals surface area (Å²) in [5.41, 5.74) is 1.95. The number of halogens is 1. The van der Waals surface area contributed by atoms with Crippen LogP contribution in [-0.2, 0) is 0 Å². The molecule has 3 nitrogen and oxygen atoms in total. The minimum absolute atomic E-state index is 0. The van der Waals surface area contributed by atoms with Crippen molar-refractivity contribution in [1.82, 2.24) is 4.98 Å². The fraction of sp³-hybridized carbons (Fsp3) is 0. The number of rotatable bonds is 1. The largest absolute Gasteiger partial charge is 0.347 e. The first kappa shape index (κ1) is 7.33. The van der Waals surface area contributed by atoms with Crippen LogP contribution in [0.5, 0.6) is 0 Å². The van der Waals surface area contributed by atoms with Crippen LogP contribution in [0.15, 0.2) is 18.3 Å². The molecule has 1 aromatic rings. The molecule has 0 spiro atoms. The van der Waals surface area contributed by atoms with Gasteiger partial charge in [-0.15, -0.1) is 12.4 Å². The van der Waals surface area contributed by atoms with E-state index in [1.165, 1.54) is 0 Å². The Morgan fingerprint density at radius 2 is 2.38 bits per heavy atom. The molecule has 8 heavy (non-hydrogen) atoms. The summed E-state index contributed by atoms with van der Waals surface area (Å²) in [7, 11) is 0. The van der Waals surface area contributed by atoms with Crippen LogP contribution in [0.1, 0.15) is 0 Å². The Balaban J connectivity index is 0.000000490. The SMILES string of the molecule is Cl.ONc1ccc[nH]1. The van der Waals surface area contributed by atoms with Gasteiger partial charge in [0.2, 0.25) is 0 Å². The Hall–Kier alpha value is -0.670. The Bertz CT molecular complexity index is 129. The smallest absolute Gasteiger partial charge is 0.127 e. The van der Waals surface area contributed by atoms with E-state index in [4.69, 9.17) is 5.21 Å². The molecule has 1 heterocycles. The highest BCUT2D eigenvalue weighted by molar-refractivity contribution is 5.85. The zero-order valence-electron chi connectivity index (χ0n) is 4.09. The van der Waals surface area contributed by atoms with Crippen LogP contribution >= 0.6 is 12.4 Å². The molecule has 3 N–H and O–H groups in total. The van der Waals surface area contributed by atoms with Gasteiger partial charge in [-0.2, -0.15) is 0 Å². The average Bonchev–Trinajstić information content (AvgIpc) is 2.14. The fourth-order valence-corrected chi connectivity index (χ4v) is 0.400. The number of aromatic amines is 1. The first-order valence-electron chi connectivity index (χ1n) is 1.97. The highest BCUT2D eigenvalue weighted by Gasteiger charge is 1.80. The second kappa shape index (κ2) is 3.35. The monoisotopic (exact) mass is 134 g/mol. The number of hydrogen-bond acceptors (Lipinski definition) is 2. The molecule has 0 aliphatic carbocycles. The number of nitrogens with one attached hydrogen (secondary N) is 2. The Morgan fingerprint density at radius 3 is 2.62 bits per heavy atom. The first-order valence-corrected chi connectivity index (χ1v) is 1.97. The van der Waals surface area contributed by atoms with E-state index in [0.29, 0.717) is 5.82 Å². The lowest BCUT2D eigenvalue weighted by Gasteiger charge is -1.86. The lowest BCUT2D eigenvalue weighted by molar-refractivity contribution is 0.386. The van der Waals surface area contributed by atoms with Crippen molar-refractivity contribution < 1.29 is 5.21 Å². The predicted molar refractivity (Wildman–Crippen MR) is 33.4 cm³/mol. The second-order valence-corrected chi connectivity index (χ2v) is 1.20. The normalized spacial score (nSPS) is 7.62. The number of H-pyrrole nitrogens is 1. The lowest BCUT2D eigenvalue weighted by atomic mass is 10.6. The molecule has 0 atom stereocenters. The molecule has 0 bridgehead atoms. The van der Waals surface area contributed by atoms with Crippen LogP contribution in [-0.4, -0.2) is 10.2 Å². The summed E-state index contributed by atoms with van der Waals surface area (Å²) in [5, 5.41) is 8.15. The van der Waals surface area contributed by atoms with Crippen molar-refractivity contribution in [2.45, 2.75) is 0 Å². The molecule has 0 unspecified atom stereocenters. The van der Waals surface area contributed by atoms with Gasteiger partial charge in [0, 0.05) is 6.20 Å². The Morgan fingerprint density at radius 1 is 1.62 bits per heavy atom. The summed E-state index contributed by atoms with van der Waals surface area (Å²) in [6.07, 6.45) is 1.72. The Labute approximate surface area is 53.1 Å². The molecule has 1 aromatic heterocycles. The average molecular weight is 135 g/mol. The van der Waals surface area contributed by atoms with Gasteiger partial charge in [0.15, 0.2) is 0 Å². The Kier molecular flexibility index (Phi) is 3.07. The third-order valence-electron chi connectivity index (χ3n) is 0.718. The molecule has 0 saturated carbocycles. The topological polar surface area (TPSA) is 48.0 Å². The number of aromatic nitrogens is 1. The molecule has 0 aromatic carbocycles. The van der Waals surface area contributed by atoms with Gasteiger partial charge in [0.1, 0.15) is 5.82 Å². The van der Waals surface area contributed by atoms with Gasteiger partial charge >= 0.3 is 0 Å². The summed E-state index contributed by atoms with van der Waals surface area (Å²) in [6, 6.07) is 3.51. The standard InChI is InChI=1S/C4H6N2O.ClH/c7-6-4-2-1-3-5-4;/h1-3,5-7H;1H. The van der Waals surface area contributed by atoms with Crippen LogP contribution in [0, 0.1) is 0 Å². The van der Waals surface area contributed by atoms with Crippen LogP contribution in [0.4, 0.5) is 5.82 Å². The summed E-state index contributed by atoms with van der Waals surface area (Å²) in [6.45, 7) is 0. The van der Waals surface area contributed by atoms with Gasteiger partial charge in [-0.25, -0.2) is 0 Å². The molecule has 0 aliphatic heterocycles. The van der Waals surface area contributed by atoms with Gasteiger partial charge < -0.3 is 4.98 Å². The van der Waals surface area contributed by atoms with Gasteiger partial charge in [0.25, 0.3) is 0 Å². The van der Waals surface area contributed by atoms with Gasteiger partial charge in [-0.1, -0.05) is 0 Å². The van der Waals surface area contributed by atoms with Crippen molar-refractivity contribution in [2.75, 3.05) is 5.48 Å². The third kappa shape index (κ3) is 1.44. The van der Waals surface area contributed by atoms with Crippen LogP contribution in [0.2, 0.25) is 0 Å². The van der Waals surface area contributed by atoms with Crippen LogP contribution in [0.25, 0.3) is 0 Å². The molecule has 0 fully saturated rings. The number of anilines is 1. The summed E-state index contributed by atoms with van der Waals surface area (Å²) >= 11 is 0. The molecule has 4 heteroatoms. The van der Waals surface area contributed by atoms with Crippen molar-refractivity contribution in [3.63, 3.8) is 0 Å². The maximum atomic E-state index is 8.15. The maximum Gasteiger partial charge on any atom is 0.127 e. The van der Waals surface area contributed by atoms with Crippen LogP contribution in [0.3, 0.4) is 0 Å². The molecular weight excluding hydrogens is 128 g/mol. The maximum absolute atomic E-state index is 8.15. The van der Waals surface area contributed by atoms with Crippen LogP contribution < -0.4 is 5.48 Å². The van der Waals surface area contributed by atoms with E-state index in [9.17, 15) is 0 Å². The third-order valence-corrected chi connectivity index (χ3v) is 0.718. The van der Waals surface area contributed by atoms with Crippen molar-refractivity contribution in [3.05, 3.63) is 18.3 Å². The highest BCUT2D eigenvalue weighted by atomic mass is 35.5. The molecular formula is C4H7ClN2O. The van der Waals surface area contributed by atoms with E-state index in [1.807, 2.05) is 5.48 Å². The van der Waals surface area contributed by atoms with Crippen molar-refractivity contribution in [1.29, 1.82) is 0 Å². The van der Waals surface area contributed by atoms with E-state index in [2.05, 4.69) is 4.98 Å². The summed E-state index contributed by atoms with van der Waals surface area (Å²) in [4.78, 5) is 2.73. The molecule has 0 saturated heterocycles. The minimum atomic E-state index is 0. The van der Waals surface area contributed by atoms with E-state index >= 15 is 0 Å². The van der Waals surface area contributed by atoms with Crippen molar-refractivity contribution in [3.8, 4) is 0 Å². The lowest BCUT2D eigenvalue weighted by Crippen LogP contribution is -1.86. The van der Waals surface area contributed by atoms with E-state index in [-0.39, 0.29) is 12.4 Å². The molecule has 46 valence electrons. The highest BCUT2D eigenvalue weighted by Crippen LogP contribution is 1.96. The van der Waals surface area contributed by atoms with E-state index in [0.717, 1.165) is 0 Å². The van der Waals surface area contributed by atoms with Gasteiger partial charge in [-0.05, 0) is 12.1 Å². The predicted octanol–water partition coefficient (Wildman–Crippen LogP) is 1.24. The van der Waals surface area contributed by atoms with E-state index in [1.54, 1.807) is 18.3 Å². The molecule has 0 aliphatic rings. The quantitative estimate of drug-likeness (QED) is 0.506. The minimum Gasteiger partial charge on any atom is -0.347 e. The second-order valence-electron chi connectivity index (χ2n) is 1.20. The zero-order valence-corrected chi connectivity index (χ0v) is 4.90. The summed E-state index contributed by atoms with van der Waals surface area (Å²) < 4.78 is 0. The fourth-order valence-electron chi connectivity index (χ4n) is 0.400. The molecule has 0 amide bonds. The zero-order chi connectivity index (χ0) is 5.11. The molecule has 0 radical (unpaired) electrons.